The Balaban J connectivity index is 2.89. The van der Waals surface area contributed by atoms with Crippen LogP contribution < -0.4 is 4.74 Å². The molecule has 1 rings (SSSR count). The van der Waals surface area contributed by atoms with Gasteiger partial charge in [-0.3, -0.25) is 4.79 Å². The Bertz CT molecular complexity index is 459. The first-order chi connectivity index (χ1) is 9.27. The van der Waals surface area contributed by atoms with Crippen LogP contribution in [0.3, 0.4) is 0 Å². The van der Waals surface area contributed by atoms with Gasteiger partial charge in [0.1, 0.15) is 0 Å². The maximum atomic E-state index is 13.5. The van der Waals surface area contributed by atoms with E-state index >= 15 is 0 Å². The van der Waals surface area contributed by atoms with E-state index in [9.17, 15) is 26.7 Å². The maximum Gasteiger partial charge on any atom is 0.454 e. The summed E-state index contributed by atoms with van der Waals surface area (Å²) >= 11 is 0. The molecule has 20 heavy (non-hydrogen) atoms. The van der Waals surface area contributed by atoms with Gasteiger partial charge >= 0.3 is 6.18 Å². The monoisotopic (exact) mass is 296 g/mol. The average molecular weight is 296 g/mol. The number of carbonyl (C=O) groups is 1. The minimum Gasteiger partial charge on any atom is -0.488 e. The SMILES string of the molecule is CCCCCOc1c(F)cc(C(=O)C(F)(F)F)cc1F. The van der Waals surface area contributed by atoms with Gasteiger partial charge in [0.15, 0.2) is 17.4 Å². The summed E-state index contributed by atoms with van der Waals surface area (Å²) in [4.78, 5) is 10.9. The van der Waals surface area contributed by atoms with Crippen LogP contribution in [0.4, 0.5) is 22.0 Å². The Morgan fingerprint density at radius 1 is 1.15 bits per heavy atom. The van der Waals surface area contributed by atoms with E-state index in [1.807, 2.05) is 6.92 Å². The van der Waals surface area contributed by atoms with Crippen molar-refractivity contribution in [1.82, 2.24) is 0 Å². The molecule has 0 atom stereocenters. The number of hydrogen-bond donors (Lipinski definition) is 0. The van der Waals surface area contributed by atoms with Crippen molar-refractivity contribution in [2.45, 2.75) is 32.4 Å². The zero-order valence-electron chi connectivity index (χ0n) is 10.7. The van der Waals surface area contributed by atoms with E-state index in [0.29, 0.717) is 18.6 Å². The van der Waals surface area contributed by atoms with Crippen LogP contribution in [0.1, 0.15) is 36.5 Å². The molecule has 0 radical (unpaired) electrons. The van der Waals surface area contributed by atoms with Crippen molar-refractivity contribution < 1.29 is 31.5 Å². The third-order valence-electron chi connectivity index (χ3n) is 2.51. The van der Waals surface area contributed by atoms with Gasteiger partial charge in [0.2, 0.25) is 0 Å². The van der Waals surface area contributed by atoms with Gasteiger partial charge in [-0.05, 0) is 18.6 Å². The molecule has 1 aromatic rings. The largest absolute Gasteiger partial charge is 0.488 e. The lowest BCUT2D eigenvalue weighted by Gasteiger charge is -2.10. The van der Waals surface area contributed by atoms with Crippen LogP contribution in [0.2, 0.25) is 0 Å². The summed E-state index contributed by atoms with van der Waals surface area (Å²) < 4.78 is 68.3. The molecular weight excluding hydrogens is 283 g/mol. The van der Waals surface area contributed by atoms with Gasteiger partial charge in [-0.1, -0.05) is 19.8 Å². The summed E-state index contributed by atoms with van der Waals surface area (Å²) in [6.07, 6.45) is -2.93. The molecule has 0 aliphatic carbocycles. The van der Waals surface area contributed by atoms with E-state index in [-0.39, 0.29) is 6.61 Å². The van der Waals surface area contributed by atoms with Crippen molar-refractivity contribution in [3.05, 3.63) is 29.3 Å². The van der Waals surface area contributed by atoms with Gasteiger partial charge < -0.3 is 4.74 Å². The third kappa shape index (κ3) is 4.18. The molecule has 2 nitrogen and oxygen atoms in total. The number of ether oxygens (including phenoxy) is 1. The van der Waals surface area contributed by atoms with Crippen molar-refractivity contribution in [1.29, 1.82) is 0 Å². The Morgan fingerprint density at radius 2 is 1.70 bits per heavy atom. The zero-order valence-corrected chi connectivity index (χ0v) is 10.7. The summed E-state index contributed by atoms with van der Waals surface area (Å²) in [5.41, 5.74) is -1.09. The Kier molecular flexibility index (Phi) is 5.47. The maximum absolute atomic E-state index is 13.5. The highest BCUT2D eigenvalue weighted by Crippen LogP contribution is 2.27. The predicted octanol–water partition coefficient (Wildman–Crippen LogP) is 4.28. The van der Waals surface area contributed by atoms with Crippen molar-refractivity contribution >= 4 is 5.78 Å². The van der Waals surface area contributed by atoms with Gasteiger partial charge in [-0.25, -0.2) is 8.78 Å². The molecule has 112 valence electrons. The van der Waals surface area contributed by atoms with Crippen LogP contribution in [0, 0.1) is 11.6 Å². The highest BCUT2D eigenvalue weighted by atomic mass is 19.4. The molecular formula is C13H13F5O2. The van der Waals surface area contributed by atoms with Gasteiger partial charge in [-0.15, -0.1) is 0 Å². The highest BCUT2D eigenvalue weighted by Gasteiger charge is 2.40. The van der Waals surface area contributed by atoms with Crippen LogP contribution in [-0.2, 0) is 0 Å². The number of Topliss-reactive ketones (excluding diaryl/α,β-unsaturated/α-hetero) is 1. The van der Waals surface area contributed by atoms with Gasteiger partial charge in [0, 0.05) is 5.56 Å². The van der Waals surface area contributed by atoms with Gasteiger partial charge in [0.05, 0.1) is 6.61 Å². The smallest absolute Gasteiger partial charge is 0.454 e. The highest BCUT2D eigenvalue weighted by molar-refractivity contribution is 6.00. The van der Waals surface area contributed by atoms with Crippen molar-refractivity contribution in [3.63, 3.8) is 0 Å². The van der Waals surface area contributed by atoms with Gasteiger partial charge in [0.25, 0.3) is 5.78 Å². The summed E-state index contributed by atoms with van der Waals surface area (Å²) in [5.74, 6) is -5.71. The van der Waals surface area contributed by atoms with E-state index in [0.717, 1.165) is 12.8 Å². The molecule has 0 amide bonds. The molecule has 0 N–H and O–H groups in total. The Labute approximate surface area is 112 Å². The van der Waals surface area contributed by atoms with Crippen LogP contribution in [-0.4, -0.2) is 18.6 Å². The fraction of sp³-hybridized carbons (Fsp3) is 0.462. The van der Waals surface area contributed by atoms with E-state index in [4.69, 9.17) is 4.74 Å². The fourth-order valence-electron chi connectivity index (χ4n) is 1.52. The third-order valence-corrected chi connectivity index (χ3v) is 2.51. The number of benzene rings is 1. The number of rotatable bonds is 6. The molecule has 0 unspecified atom stereocenters. The summed E-state index contributed by atoms with van der Waals surface area (Å²) in [5, 5.41) is 0. The number of carbonyl (C=O) groups excluding carboxylic acids is 1. The first-order valence-corrected chi connectivity index (χ1v) is 6.00. The van der Waals surface area contributed by atoms with Crippen LogP contribution >= 0.6 is 0 Å². The zero-order chi connectivity index (χ0) is 15.3. The number of hydrogen-bond acceptors (Lipinski definition) is 2. The summed E-state index contributed by atoms with van der Waals surface area (Å²) in [6.45, 7) is 1.98. The lowest BCUT2D eigenvalue weighted by molar-refractivity contribution is -0.0885. The molecule has 7 heteroatoms. The Morgan fingerprint density at radius 3 is 2.15 bits per heavy atom. The molecule has 0 saturated heterocycles. The topological polar surface area (TPSA) is 26.3 Å². The van der Waals surface area contributed by atoms with Crippen LogP contribution in [0.15, 0.2) is 12.1 Å². The first-order valence-electron chi connectivity index (χ1n) is 6.00. The predicted molar refractivity (Wildman–Crippen MR) is 61.8 cm³/mol. The second-order valence-electron chi connectivity index (χ2n) is 4.15. The lowest BCUT2D eigenvalue weighted by Crippen LogP contribution is -2.23. The van der Waals surface area contributed by atoms with Crippen molar-refractivity contribution in [2.24, 2.45) is 0 Å². The van der Waals surface area contributed by atoms with E-state index in [2.05, 4.69) is 0 Å². The Hall–Kier alpha value is -1.66. The minimum atomic E-state index is -5.18. The molecule has 0 spiro atoms. The van der Waals surface area contributed by atoms with E-state index in [1.165, 1.54) is 0 Å². The lowest BCUT2D eigenvalue weighted by atomic mass is 10.1. The summed E-state index contributed by atoms with van der Waals surface area (Å²) in [6, 6.07) is 0.655. The summed E-state index contributed by atoms with van der Waals surface area (Å²) in [7, 11) is 0. The molecule has 1 aromatic carbocycles. The number of ketones is 1. The molecule has 0 saturated carbocycles. The number of alkyl halides is 3. The second kappa shape index (κ2) is 6.67. The van der Waals surface area contributed by atoms with Crippen LogP contribution in [0.5, 0.6) is 5.75 Å². The minimum absolute atomic E-state index is 0.0498. The average Bonchev–Trinajstić information content (AvgIpc) is 2.34. The standard InChI is InChI=1S/C13H13F5O2/c1-2-3-4-5-20-11-9(14)6-8(7-10(11)15)12(19)13(16,17)18/h6-7H,2-5H2,1H3. The molecule has 0 aromatic heterocycles. The molecule has 0 aliphatic heterocycles. The van der Waals surface area contributed by atoms with Crippen LogP contribution in [0.25, 0.3) is 0 Å². The van der Waals surface area contributed by atoms with Gasteiger partial charge in [-0.2, -0.15) is 13.2 Å². The normalized spacial score (nSPS) is 11.5. The fourth-order valence-corrected chi connectivity index (χ4v) is 1.52. The quantitative estimate of drug-likeness (QED) is 0.445. The van der Waals surface area contributed by atoms with Crippen molar-refractivity contribution in [3.8, 4) is 5.75 Å². The number of unbranched alkanes of at least 4 members (excludes halogenated alkanes) is 2. The second-order valence-corrected chi connectivity index (χ2v) is 4.15. The number of halogens is 5. The van der Waals surface area contributed by atoms with E-state index < -0.39 is 34.9 Å². The molecule has 0 fully saturated rings. The van der Waals surface area contributed by atoms with Crippen molar-refractivity contribution in [2.75, 3.05) is 6.61 Å². The molecule has 0 bridgehead atoms. The van der Waals surface area contributed by atoms with E-state index in [1.54, 1.807) is 0 Å². The first kappa shape index (κ1) is 16.4. The molecule has 0 aliphatic rings. The molecule has 0 heterocycles.